The number of hydrogen-bond donors (Lipinski definition) is 2. The molecular formula is C11H14N4O. The Hall–Kier alpha value is -1.96. The van der Waals surface area contributed by atoms with Gasteiger partial charge >= 0.3 is 0 Å². The van der Waals surface area contributed by atoms with Crippen molar-refractivity contribution in [3.8, 4) is 6.07 Å². The monoisotopic (exact) mass is 218 g/mol. The number of oxazole rings is 1. The average molecular weight is 218 g/mol. The Labute approximate surface area is 94.0 Å². The van der Waals surface area contributed by atoms with Crippen molar-refractivity contribution in [3.63, 3.8) is 0 Å². The molecule has 0 saturated heterocycles. The second-order valence-corrected chi connectivity index (χ2v) is 4.23. The van der Waals surface area contributed by atoms with Gasteiger partial charge in [-0.15, -0.1) is 0 Å². The van der Waals surface area contributed by atoms with Gasteiger partial charge in [0.25, 0.3) is 0 Å². The van der Waals surface area contributed by atoms with E-state index in [1.807, 2.05) is 13.8 Å². The molecule has 1 aromatic rings. The lowest BCUT2D eigenvalue weighted by atomic mass is 9.84. The van der Waals surface area contributed by atoms with Crippen LogP contribution in [0.2, 0.25) is 0 Å². The lowest BCUT2D eigenvalue weighted by Gasteiger charge is -2.24. The van der Waals surface area contributed by atoms with Gasteiger partial charge in [-0.2, -0.15) is 5.26 Å². The lowest BCUT2D eigenvalue weighted by Crippen LogP contribution is -2.24. The number of aryl methyl sites for hydroxylation is 1. The van der Waals surface area contributed by atoms with Gasteiger partial charge in [0.05, 0.1) is 11.6 Å². The van der Waals surface area contributed by atoms with E-state index in [9.17, 15) is 0 Å². The first-order valence-corrected chi connectivity index (χ1v) is 5.18. The van der Waals surface area contributed by atoms with Crippen LogP contribution < -0.4 is 11.1 Å². The maximum Gasteiger partial charge on any atom is 0.223 e. The maximum absolute atomic E-state index is 9.13. The predicted octanol–water partition coefficient (Wildman–Crippen LogP) is 1.84. The van der Waals surface area contributed by atoms with Crippen LogP contribution in [-0.4, -0.2) is 4.98 Å². The molecule has 2 heterocycles. The van der Waals surface area contributed by atoms with Crippen LogP contribution >= 0.6 is 0 Å². The van der Waals surface area contributed by atoms with Crippen molar-refractivity contribution in [2.45, 2.75) is 26.7 Å². The highest BCUT2D eigenvalue weighted by atomic mass is 16.4. The van der Waals surface area contributed by atoms with Crippen LogP contribution in [0.3, 0.4) is 0 Å². The first-order valence-electron chi connectivity index (χ1n) is 5.18. The summed E-state index contributed by atoms with van der Waals surface area (Å²) in [4.78, 5) is 4.32. The average Bonchev–Trinajstić information content (AvgIpc) is 2.55. The number of nitrogens with one attached hydrogen (secondary N) is 1. The minimum atomic E-state index is -0.0845. The molecule has 84 valence electrons. The van der Waals surface area contributed by atoms with Crippen LogP contribution in [0, 0.1) is 24.2 Å². The Morgan fingerprint density at radius 3 is 2.81 bits per heavy atom. The molecule has 5 nitrogen and oxygen atoms in total. The van der Waals surface area contributed by atoms with Gasteiger partial charge in [0.15, 0.2) is 5.89 Å². The molecule has 0 spiro atoms. The SMILES string of the molecule is Cc1nc2c(o1)NC(N)=C(C#N)C2C(C)C. The molecule has 0 bridgehead atoms. The zero-order valence-electron chi connectivity index (χ0n) is 9.53. The van der Waals surface area contributed by atoms with Crippen molar-refractivity contribution in [3.05, 3.63) is 23.0 Å². The minimum absolute atomic E-state index is 0.0845. The van der Waals surface area contributed by atoms with Crippen LogP contribution in [0.1, 0.15) is 31.4 Å². The first kappa shape index (κ1) is 10.6. The molecular weight excluding hydrogens is 204 g/mol. The Balaban J connectivity index is 2.57. The fourth-order valence-electron chi connectivity index (χ4n) is 2.02. The van der Waals surface area contributed by atoms with Gasteiger partial charge in [-0.05, 0) is 5.92 Å². The predicted molar refractivity (Wildman–Crippen MR) is 59.3 cm³/mol. The van der Waals surface area contributed by atoms with Gasteiger partial charge < -0.3 is 15.5 Å². The number of aromatic nitrogens is 1. The van der Waals surface area contributed by atoms with Crippen LogP contribution in [0.5, 0.6) is 0 Å². The molecule has 0 saturated carbocycles. The smallest absolute Gasteiger partial charge is 0.223 e. The highest BCUT2D eigenvalue weighted by Crippen LogP contribution is 2.40. The van der Waals surface area contributed by atoms with E-state index in [1.165, 1.54) is 0 Å². The molecule has 1 unspecified atom stereocenters. The molecule has 0 fully saturated rings. The van der Waals surface area contributed by atoms with Crippen molar-refractivity contribution in [1.29, 1.82) is 5.26 Å². The summed E-state index contributed by atoms with van der Waals surface area (Å²) < 4.78 is 5.40. The number of hydrogen-bond acceptors (Lipinski definition) is 5. The van der Waals surface area contributed by atoms with Crippen LogP contribution in [0.15, 0.2) is 15.8 Å². The molecule has 1 aliphatic heterocycles. The van der Waals surface area contributed by atoms with Crippen LogP contribution in [0.4, 0.5) is 5.88 Å². The fraction of sp³-hybridized carbons (Fsp3) is 0.455. The quantitative estimate of drug-likeness (QED) is 0.750. The molecule has 1 aromatic heterocycles. The zero-order valence-corrected chi connectivity index (χ0v) is 9.53. The molecule has 1 atom stereocenters. The van der Waals surface area contributed by atoms with Crippen molar-refractivity contribution >= 4 is 5.88 Å². The Morgan fingerprint density at radius 1 is 1.56 bits per heavy atom. The number of nitrogens with two attached hydrogens (primary N) is 1. The summed E-state index contributed by atoms with van der Waals surface area (Å²) in [5.74, 6) is 1.67. The van der Waals surface area contributed by atoms with Gasteiger partial charge in [0.2, 0.25) is 5.88 Å². The molecule has 0 radical (unpaired) electrons. The Kier molecular flexibility index (Phi) is 2.35. The van der Waals surface area contributed by atoms with E-state index in [2.05, 4.69) is 16.4 Å². The summed E-state index contributed by atoms with van der Waals surface area (Å²) in [5, 5.41) is 12.0. The maximum atomic E-state index is 9.13. The number of nitriles is 1. The van der Waals surface area contributed by atoms with Crippen LogP contribution in [-0.2, 0) is 0 Å². The third-order valence-corrected chi connectivity index (χ3v) is 2.69. The number of allylic oxidation sites excluding steroid dienone is 1. The summed E-state index contributed by atoms with van der Waals surface area (Å²) in [6.45, 7) is 5.85. The lowest BCUT2D eigenvalue weighted by molar-refractivity contribution is 0.520. The van der Waals surface area contributed by atoms with Crippen molar-refractivity contribution < 1.29 is 4.42 Å². The fourth-order valence-corrected chi connectivity index (χ4v) is 2.02. The van der Waals surface area contributed by atoms with Gasteiger partial charge in [-0.25, -0.2) is 4.98 Å². The van der Waals surface area contributed by atoms with E-state index in [0.29, 0.717) is 23.2 Å². The number of fused-ring (bicyclic) bond motifs is 1. The van der Waals surface area contributed by atoms with Crippen LogP contribution in [0.25, 0.3) is 0 Å². The number of anilines is 1. The molecule has 2 rings (SSSR count). The molecule has 3 N–H and O–H groups in total. The summed E-state index contributed by atoms with van der Waals surface area (Å²) in [7, 11) is 0. The molecule has 0 aliphatic carbocycles. The van der Waals surface area contributed by atoms with E-state index in [0.717, 1.165) is 5.69 Å². The second kappa shape index (κ2) is 3.56. The molecule has 0 aromatic carbocycles. The highest BCUT2D eigenvalue weighted by molar-refractivity contribution is 5.57. The van der Waals surface area contributed by atoms with Gasteiger partial charge in [-0.1, -0.05) is 13.8 Å². The van der Waals surface area contributed by atoms with Gasteiger partial charge in [-0.3, -0.25) is 0 Å². The van der Waals surface area contributed by atoms with Gasteiger partial charge in [0.1, 0.15) is 11.5 Å². The third kappa shape index (κ3) is 1.43. The molecule has 5 heteroatoms. The Bertz CT molecular complexity index is 493. The topological polar surface area (TPSA) is 87.9 Å². The highest BCUT2D eigenvalue weighted by Gasteiger charge is 2.33. The Morgan fingerprint density at radius 2 is 2.25 bits per heavy atom. The van der Waals surface area contributed by atoms with E-state index < -0.39 is 0 Å². The third-order valence-electron chi connectivity index (χ3n) is 2.69. The van der Waals surface area contributed by atoms with Crippen molar-refractivity contribution in [2.75, 3.05) is 5.32 Å². The largest absolute Gasteiger partial charge is 0.425 e. The van der Waals surface area contributed by atoms with Gasteiger partial charge in [0, 0.05) is 12.8 Å². The summed E-state index contributed by atoms with van der Waals surface area (Å²) >= 11 is 0. The number of rotatable bonds is 1. The molecule has 16 heavy (non-hydrogen) atoms. The molecule has 0 amide bonds. The van der Waals surface area contributed by atoms with Crippen molar-refractivity contribution in [2.24, 2.45) is 11.7 Å². The zero-order chi connectivity index (χ0) is 11.9. The summed E-state index contributed by atoms with van der Waals surface area (Å²) in [5.41, 5.74) is 7.11. The standard InChI is InChI=1S/C11H14N4O/c1-5(2)8-7(4-12)10(13)15-11-9(8)14-6(3)16-11/h5,8,15H,13H2,1-3H3. The van der Waals surface area contributed by atoms with E-state index >= 15 is 0 Å². The van der Waals surface area contributed by atoms with E-state index in [1.54, 1.807) is 6.92 Å². The number of nitrogens with zero attached hydrogens (tertiary/aromatic N) is 2. The van der Waals surface area contributed by atoms with E-state index in [4.69, 9.17) is 15.4 Å². The summed E-state index contributed by atoms with van der Waals surface area (Å²) in [6.07, 6.45) is 0. The first-order chi connectivity index (χ1) is 7.54. The second-order valence-electron chi connectivity index (χ2n) is 4.23. The van der Waals surface area contributed by atoms with E-state index in [-0.39, 0.29) is 11.8 Å². The minimum Gasteiger partial charge on any atom is -0.425 e. The van der Waals surface area contributed by atoms with Crippen molar-refractivity contribution in [1.82, 2.24) is 4.98 Å². The summed E-state index contributed by atoms with van der Waals surface area (Å²) in [6, 6.07) is 2.15. The molecule has 1 aliphatic rings. The normalized spacial score (nSPS) is 19.3.